The molecule has 0 aliphatic rings. The molecule has 2 aromatic rings. The molecule has 1 aromatic carbocycles. The molecule has 0 spiro atoms. The summed E-state index contributed by atoms with van der Waals surface area (Å²) >= 11 is 5.77. The van der Waals surface area contributed by atoms with Crippen LogP contribution < -0.4 is 0 Å². The normalized spacial score (nSPS) is 12.3. The third kappa shape index (κ3) is 4.06. The molecule has 0 aliphatic carbocycles. The number of nitrogens with zero attached hydrogens (tertiary/aromatic N) is 3. The van der Waals surface area contributed by atoms with Crippen LogP contribution in [0.3, 0.4) is 0 Å². The monoisotopic (exact) mass is 343 g/mol. The van der Waals surface area contributed by atoms with Crippen molar-refractivity contribution in [3.8, 4) is 0 Å². The molecule has 2 rings (SSSR count). The molecule has 0 aliphatic heterocycles. The van der Waals surface area contributed by atoms with E-state index in [1.807, 2.05) is 13.8 Å². The summed E-state index contributed by atoms with van der Waals surface area (Å²) in [6.07, 6.45) is 0.667. The van der Waals surface area contributed by atoms with Crippen molar-refractivity contribution in [2.75, 3.05) is 7.05 Å². The molecule has 1 aromatic heterocycles. The van der Waals surface area contributed by atoms with Gasteiger partial charge in [-0.25, -0.2) is 8.42 Å². The van der Waals surface area contributed by atoms with E-state index in [0.29, 0.717) is 29.1 Å². The lowest BCUT2D eigenvalue weighted by molar-refractivity contribution is 0.353. The van der Waals surface area contributed by atoms with Crippen molar-refractivity contribution >= 4 is 21.6 Å². The Kier molecular flexibility index (Phi) is 5.20. The molecule has 0 unspecified atom stereocenters. The second-order valence-corrected chi connectivity index (χ2v) is 7.90. The summed E-state index contributed by atoms with van der Waals surface area (Å²) in [5.41, 5.74) is 0. The maximum absolute atomic E-state index is 12.4. The van der Waals surface area contributed by atoms with Crippen LogP contribution in [0.25, 0.3) is 0 Å². The van der Waals surface area contributed by atoms with Gasteiger partial charge >= 0.3 is 0 Å². The van der Waals surface area contributed by atoms with E-state index in [0.717, 1.165) is 0 Å². The summed E-state index contributed by atoms with van der Waals surface area (Å²) in [6.45, 7) is 4.13. The summed E-state index contributed by atoms with van der Waals surface area (Å²) in [6, 6.07) is 6.01. The van der Waals surface area contributed by atoms with Gasteiger partial charge in [0.1, 0.15) is 0 Å². The molecule has 0 saturated carbocycles. The topological polar surface area (TPSA) is 76.3 Å². The highest BCUT2D eigenvalue weighted by Gasteiger charge is 2.22. The van der Waals surface area contributed by atoms with Gasteiger partial charge in [0.25, 0.3) is 0 Å². The first-order valence-electron chi connectivity index (χ1n) is 6.82. The molecule has 8 heteroatoms. The van der Waals surface area contributed by atoms with Gasteiger partial charge in [0.2, 0.25) is 15.9 Å². The number of aromatic nitrogens is 2. The lowest BCUT2D eigenvalue weighted by Crippen LogP contribution is -2.27. The Morgan fingerprint density at radius 2 is 1.91 bits per heavy atom. The maximum atomic E-state index is 12.4. The first-order chi connectivity index (χ1) is 10.3. The molecule has 0 atom stereocenters. The van der Waals surface area contributed by atoms with Gasteiger partial charge in [-0.15, -0.1) is 0 Å². The highest BCUT2D eigenvalue weighted by molar-refractivity contribution is 7.89. The molecule has 0 radical (unpaired) electrons. The Morgan fingerprint density at radius 1 is 1.27 bits per heavy atom. The van der Waals surface area contributed by atoms with Gasteiger partial charge in [-0.1, -0.05) is 30.6 Å². The summed E-state index contributed by atoms with van der Waals surface area (Å²) in [5.74, 6) is 1.25. The molecule has 0 amide bonds. The van der Waals surface area contributed by atoms with Crippen molar-refractivity contribution in [2.24, 2.45) is 5.92 Å². The lowest BCUT2D eigenvalue weighted by Gasteiger charge is -2.15. The molecule has 0 bridgehead atoms. The minimum atomic E-state index is -3.61. The SMILES string of the molecule is CC(C)Cc1nc(CN(C)S(=O)(=O)c2ccc(Cl)cc2)no1. The predicted octanol–water partition coefficient (Wildman–Crippen LogP) is 2.74. The number of halogens is 1. The molecule has 1 heterocycles. The van der Waals surface area contributed by atoms with Gasteiger partial charge in [-0.05, 0) is 30.2 Å². The van der Waals surface area contributed by atoms with Crippen LogP contribution in [-0.2, 0) is 23.0 Å². The summed E-state index contributed by atoms with van der Waals surface area (Å²) in [5, 5.41) is 4.30. The van der Waals surface area contributed by atoms with Gasteiger partial charge < -0.3 is 4.52 Å². The van der Waals surface area contributed by atoms with E-state index in [2.05, 4.69) is 10.1 Å². The predicted molar refractivity (Wildman–Crippen MR) is 82.9 cm³/mol. The molecule has 22 heavy (non-hydrogen) atoms. The van der Waals surface area contributed by atoms with Crippen molar-refractivity contribution in [1.29, 1.82) is 0 Å². The van der Waals surface area contributed by atoms with Crippen LogP contribution >= 0.6 is 11.6 Å². The fourth-order valence-corrected chi connectivity index (χ4v) is 3.11. The number of rotatable bonds is 6. The van der Waals surface area contributed by atoms with Gasteiger partial charge in [0, 0.05) is 18.5 Å². The Labute approximate surface area is 135 Å². The van der Waals surface area contributed by atoms with E-state index in [4.69, 9.17) is 16.1 Å². The molecule has 0 saturated heterocycles. The highest BCUT2D eigenvalue weighted by Crippen LogP contribution is 2.18. The molecule has 120 valence electrons. The Morgan fingerprint density at radius 3 is 2.50 bits per heavy atom. The minimum Gasteiger partial charge on any atom is -0.339 e. The Balaban J connectivity index is 2.12. The van der Waals surface area contributed by atoms with Crippen molar-refractivity contribution in [3.63, 3.8) is 0 Å². The van der Waals surface area contributed by atoms with Crippen molar-refractivity contribution in [1.82, 2.24) is 14.4 Å². The third-order valence-corrected chi connectivity index (χ3v) is 5.05. The van der Waals surface area contributed by atoms with Crippen LogP contribution in [0.2, 0.25) is 5.02 Å². The Bertz CT molecular complexity index is 726. The van der Waals surface area contributed by atoms with Gasteiger partial charge in [-0.3, -0.25) is 0 Å². The zero-order valence-corrected chi connectivity index (χ0v) is 14.2. The Hall–Kier alpha value is -1.44. The van der Waals surface area contributed by atoms with Crippen molar-refractivity contribution < 1.29 is 12.9 Å². The van der Waals surface area contributed by atoms with Crippen LogP contribution in [-0.4, -0.2) is 29.9 Å². The highest BCUT2D eigenvalue weighted by atomic mass is 35.5. The van der Waals surface area contributed by atoms with Crippen LogP contribution in [0.4, 0.5) is 0 Å². The van der Waals surface area contributed by atoms with Crippen LogP contribution in [0, 0.1) is 5.92 Å². The first kappa shape index (κ1) is 16.9. The summed E-state index contributed by atoms with van der Waals surface area (Å²) < 4.78 is 31.1. The minimum absolute atomic E-state index is 0.0482. The molecule has 6 nitrogen and oxygen atoms in total. The van der Waals surface area contributed by atoms with E-state index in [9.17, 15) is 8.42 Å². The van der Waals surface area contributed by atoms with E-state index >= 15 is 0 Å². The van der Waals surface area contributed by atoms with Crippen molar-refractivity contribution in [3.05, 3.63) is 41.0 Å². The summed E-state index contributed by atoms with van der Waals surface area (Å²) in [7, 11) is -2.14. The van der Waals surface area contributed by atoms with Gasteiger partial charge in [0.15, 0.2) is 5.82 Å². The van der Waals surface area contributed by atoms with Crippen LogP contribution in [0.1, 0.15) is 25.6 Å². The molecule has 0 fully saturated rings. The molecular weight excluding hydrogens is 326 g/mol. The zero-order valence-electron chi connectivity index (χ0n) is 12.7. The smallest absolute Gasteiger partial charge is 0.243 e. The van der Waals surface area contributed by atoms with Gasteiger partial charge in [0.05, 0.1) is 11.4 Å². The van der Waals surface area contributed by atoms with Crippen LogP contribution in [0.15, 0.2) is 33.7 Å². The first-order valence-corrected chi connectivity index (χ1v) is 8.64. The average Bonchev–Trinajstić information content (AvgIpc) is 2.85. The average molecular weight is 344 g/mol. The fourth-order valence-electron chi connectivity index (χ4n) is 1.86. The molecular formula is C14H18ClN3O3S. The van der Waals surface area contributed by atoms with Crippen LogP contribution in [0.5, 0.6) is 0 Å². The number of hydrogen-bond acceptors (Lipinski definition) is 5. The van der Waals surface area contributed by atoms with E-state index in [1.165, 1.54) is 35.6 Å². The zero-order chi connectivity index (χ0) is 16.3. The summed E-state index contributed by atoms with van der Waals surface area (Å²) in [4.78, 5) is 4.38. The second kappa shape index (κ2) is 6.76. The fraction of sp³-hybridized carbons (Fsp3) is 0.429. The van der Waals surface area contributed by atoms with E-state index in [-0.39, 0.29) is 11.4 Å². The van der Waals surface area contributed by atoms with Gasteiger partial charge in [-0.2, -0.15) is 9.29 Å². The second-order valence-electron chi connectivity index (χ2n) is 5.42. The standard InChI is InChI=1S/C14H18ClN3O3S/c1-10(2)8-14-16-13(17-21-14)9-18(3)22(19,20)12-6-4-11(15)5-7-12/h4-7,10H,8-9H2,1-3H3. The lowest BCUT2D eigenvalue weighted by atomic mass is 10.1. The number of hydrogen-bond donors (Lipinski definition) is 0. The largest absolute Gasteiger partial charge is 0.339 e. The van der Waals surface area contributed by atoms with Crippen molar-refractivity contribution in [2.45, 2.75) is 31.7 Å². The number of benzene rings is 1. The number of sulfonamides is 1. The van der Waals surface area contributed by atoms with E-state index < -0.39 is 10.0 Å². The third-order valence-electron chi connectivity index (χ3n) is 2.98. The maximum Gasteiger partial charge on any atom is 0.243 e. The quantitative estimate of drug-likeness (QED) is 0.806. The van der Waals surface area contributed by atoms with E-state index in [1.54, 1.807) is 0 Å². The molecule has 0 N–H and O–H groups in total.